The molecular formula is C17H24N2O4. The first kappa shape index (κ1) is 17.1. The minimum absolute atomic E-state index is 0.0603. The van der Waals surface area contributed by atoms with E-state index in [0.717, 1.165) is 25.2 Å². The number of rotatable bonds is 3. The highest BCUT2D eigenvalue weighted by Gasteiger charge is 2.26. The fourth-order valence-corrected chi connectivity index (χ4v) is 2.51. The molecule has 1 aliphatic heterocycles. The molecular weight excluding hydrogens is 296 g/mol. The van der Waals surface area contributed by atoms with Gasteiger partial charge in [-0.15, -0.1) is 0 Å². The zero-order chi connectivity index (χ0) is 17.0. The number of ether oxygens (including phenoxy) is 2. The molecule has 1 atom stereocenters. The van der Waals surface area contributed by atoms with E-state index >= 15 is 0 Å². The standard InChI is InChI=1S/C17H24N2O4/c1-17(2,3)23-16(21)18-13-9-10-19(11-13)14-7-5-12(6-8-14)15(20)22-4/h5-8,13H,9-11H2,1-4H3,(H,18,21)/t13-/m1/s1. The molecule has 0 unspecified atom stereocenters. The van der Waals surface area contributed by atoms with Crippen LogP contribution in [0.25, 0.3) is 0 Å². The van der Waals surface area contributed by atoms with Gasteiger partial charge < -0.3 is 19.7 Å². The van der Waals surface area contributed by atoms with E-state index < -0.39 is 5.60 Å². The third-order valence-electron chi connectivity index (χ3n) is 3.56. The van der Waals surface area contributed by atoms with Crippen molar-refractivity contribution in [2.45, 2.75) is 38.8 Å². The van der Waals surface area contributed by atoms with Gasteiger partial charge in [-0.05, 0) is 51.5 Å². The molecule has 0 spiro atoms. The third kappa shape index (κ3) is 4.87. The molecule has 1 saturated heterocycles. The van der Waals surface area contributed by atoms with Crippen molar-refractivity contribution in [1.82, 2.24) is 5.32 Å². The molecule has 1 aliphatic rings. The van der Waals surface area contributed by atoms with E-state index in [4.69, 9.17) is 4.74 Å². The molecule has 6 nitrogen and oxygen atoms in total. The van der Waals surface area contributed by atoms with Crippen LogP contribution in [0.1, 0.15) is 37.6 Å². The largest absolute Gasteiger partial charge is 0.465 e. The van der Waals surface area contributed by atoms with Gasteiger partial charge in [-0.3, -0.25) is 0 Å². The van der Waals surface area contributed by atoms with Crippen LogP contribution in [-0.2, 0) is 9.47 Å². The lowest BCUT2D eigenvalue weighted by Crippen LogP contribution is -2.40. The van der Waals surface area contributed by atoms with Gasteiger partial charge in [0, 0.05) is 18.8 Å². The number of esters is 1. The van der Waals surface area contributed by atoms with Crippen molar-refractivity contribution >= 4 is 17.7 Å². The van der Waals surface area contributed by atoms with Crippen LogP contribution in [0.2, 0.25) is 0 Å². The fraction of sp³-hybridized carbons (Fsp3) is 0.529. The fourth-order valence-electron chi connectivity index (χ4n) is 2.51. The number of methoxy groups -OCH3 is 1. The molecule has 126 valence electrons. The molecule has 1 N–H and O–H groups in total. The third-order valence-corrected chi connectivity index (χ3v) is 3.56. The van der Waals surface area contributed by atoms with E-state index in [9.17, 15) is 9.59 Å². The number of alkyl carbamates (subject to hydrolysis) is 1. The Morgan fingerprint density at radius 3 is 2.43 bits per heavy atom. The maximum atomic E-state index is 11.8. The van der Waals surface area contributed by atoms with Crippen molar-refractivity contribution in [3.05, 3.63) is 29.8 Å². The van der Waals surface area contributed by atoms with Gasteiger partial charge in [-0.25, -0.2) is 9.59 Å². The number of hydrogen-bond acceptors (Lipinski definition) is 5. The van der Waals surface area contributed by atoms with E-state index in [-0.39, 0.29) is 18.1 Å². The van der Waals surface area contributed by atoms with Gasteiger partial charge in [0.25, 0.3) is 0 Å². The number of hydrogen-bond donors (Lipinski definition) is 1. The minimum atomic E-state index is -0.494. The first-order chi connectivity index (χ1) is 10.8. The van der Waals surface area contributed by atoms with Crippen molar-refractivity contribution in [3.8, 4) is 0 Å². The molecule has 1 aromatic rings. The second-order valence-corrected chi connectivity index (χ2v) is 6.62. The van der Waals surface area contributed by atoms with Crippen LogP contribution >= 0.6 is 0 Å². The van der Waals surface area contributed by atoms with Crippen LogP contribution in [0.15, 0.2) is 24.3 Å². The molecule has 2 rings (SSSR count). The minimum Gasteiger partial charge on any atom is -0.465 e. The highest BCUT2D eigenvalue weighted by molar-refractivity contribution is 5.89. The zero-order valence-corrected chi connectivity index (χ0v) is 14.1. The number of carbonyl (C=O) groups excluding carboxylic acids is 2. The summed E-state index contributed by atoms with van der Waals surface area (Å²) in [4.78, 5) is 25.4. The summed E-state index contributed by atoms with van der Waals surface area (Å²) in [5.41, 5.74) is 1.05. The summed E-state index contributed by atoms with van der Waals surface area (Å²) < 4.78 is 9.96. The van der Waals surface area contributed by atoms with Crippen molar-refractivity contribution in [2.24, 2.45) is 0 Å². The Morgan fingerprint density at radius 1 is 1.22 bits per heavy atom. The number of carbonyl (C=O) groups is 2. The molecule has 1 amide bonds. The van der Waals surface area contributed by atoms with Crippen LogP contribution in [0, 0.1) is 0 Å². The predicted molar refractivity (Wildman–Crippen MR) is 87.8 cm³/mol. The predicted octanol–water partition coefficient (Wildman–Crippen LogP) is 2.58. The van der Waals surface area contributed by atoms with Crippen LogP contribution in [-0.4, -0.2) is 43.9 Å². The summed E-state index contributed by atoms with van der Waals surface area (Å²) in [6.07, 6.45) is 0.475. The second kappa shape index (κ2) is 6.89. The highest BCUT2D eigenvalue weighted by atomic mass is 16.6. The summed E-state index contributed by atoms with van der Waals surface area (Å²) in [7, 11) is 1.36. The van der Waals surface area contributed by atoms with Crippen molar-refractivity contribution in [1.29, 1.82) is 0 Å². The summed E-state index contributed by atoms with van der Waals surface area (Å²) >= 11 is 0. The average Bonchev–Trinajstić information content (AvgIpc) is 2.93. The Balaban J connectivity index is 1.90. The Hall–Kier alpha value is -2.24. The molecule has 1 heterocycles. The van der Waals surface area contributed by atoms with E-state index in [1.54, 1.807) is 12.1 Å². The van der Waals surface area contributed by atoms with Gasteiger partial charge in [0.1, 0.15) is 5.60 Å². The first-order valence-electron chi connectivity index (χ1n) is 7.71. The molecule has 0 saturated carbocycles. The van der Waals surface area contributed by atoms with Gasteiger partial charge in [0.15, 0.2) is 0 Å². The number of nitrogens with one attached hydrogen (secondary N) is 1. The lowest BCUT2D eigenvalue weighted by atomic mass is 10.2. The maximum absolute atomic E-state index is 11.8. The lowest BCUT2D eigenvalue weighted by Gasteiger charge is -2.22. The number of amides is 1. The van der Waals surface area contributed by atoms with E-state index in [1.165, 1.54) is 7.11 Å². The van der Waals surface area contributed by atoms with Crippen molar-refractivity contribution in [3.63, 3.8) is 0 Å². The smallest absolute Gasteiger partial charge is 0.407 e. The molecule has 0 aliphatic carbocycles. The normalized spacial score (nSPS) is 17.7. The lowest BCUT2D eigenvalue weighted by molar-refractivity contribution is 0.0508. The van der Waals surface area contributed by atoms with Crippen LogP contribution in [0.5, 0.6) is 0 Å². The molecule has 23 heavy (non-hydrogen) atoms. The van der Waals surface area contributed by atoms with Gasteiger partial charge in [-0.1, -0.05) is 0 Å². The maximum Gasteiger partial charge on any atom is 0.407 e. The number of nitrogens with zero attached hydrogens (tertiary/aromatic N) is 1. The van der Waals surface area contributed by atoms with Gasteiger partial charge in [0.05, 0.1) is 18.7 Å². The molecule has 1 fully saturated rings. The van der Waals surface area contributed by atoms with Crippen LogP contribution in [0.4, 0.5) is 10.5 Å². The second-order valence-electron chi connectivity index (χ2n) is 6.62. The Morgan fingerprint density at radius 2 is 1.87 bits per heavy atom. The van der Waals surface area contributed by atoms with Crippen LogP contribution in [0.3, 0.4) is 0 Å². The summed E-state index contributed by atoms with van der Waals surface area (Å²) in [6, 6.07) is 7.33. The van der Waals surface area contributed by atoms with E-state index in [2.05, 4.69) is 15.0 Å². The van der Waals surface area contributed by atoms with Crippen LogP contribution < -0.4 is 10.2 Å². The van der Waals surface area contributed by atoms with Crippen molar-refractivity contribution in [2.75, 3.05) is 25.1 Å². The van der Waals surface area contributed by atoms with Gasteiger partial charge in [0.2, 0.25) is 0 Å². The Bertz CT molecular complexity index is 563. The Kier molecular flexibility index (Phi) is 5.13. The summed E-state index contributed by atoms with van der Waals surface area (Å²) in [5, 5.41) is 2.90. The van der Waals surface area contributed by atoms with E-state index in [0.29, 0.717) is 5.56 Å². The summed E-state index contributed by atoms with van der Waals surface area (Å²) in [5.74, 6) is -0.345. The Labute approximate surface area is 136 Å². The quantitative estimate of drug-likeness (QED) is 0.867. The highest BCUT2D eigenvalue weighted by Crippen LogP contribution is 2.21. The topological polar surface area (TPSA) is 67.9 Å². The average molecular weight is 320 g/mol. The number of benzene rings is 1. The van der Waals surface area contributed by atoms with E-state index in [1.807, 2.05) is 32.9 Å². The van der Waals surface area contributed by atoms with Gasteiger partial charge in [-0.2, -0.15) is 0 Å². The van der Waals surface area contributed by atoms with Crippen molar-refractivity contribution < 1.29 is 19.1 Å². The molecule has 6 heteroatoms. The molecule has 0 bridgehead atoms. The molecule has 1 aromatic carbocycles. The molecule has 0 aromatic heterocycles. The monoisotopic (exact) mass is 320 g/mol. The number of anilines is 1. The summed E-state index contributed by atoms with van der Waals surface area (Å²) in [6.45, 7) is 7.10. The van der Waals surface area contributed by atoms with Gasteiger partial charge >= 0.3 is 12.1 Å². The first-order valence-corrected chi connectivity index (χ1v) is 7.71. The molecule has 0 radical (unpaired) electrons. The SMILES string of the molecule is COC(=O)c1ccc(N2CC[C@@H](NC(=O)OC(C)(C)C)C2)cc1. The zero-order valence-electron chi connectivity index (χ0n) is 14.1.